The summed E-state index contributed by atoms with van der Waals surface area (Å²) in [5, 5.41) is 1.30. The van der Waals surface area contributed by atoms with Crippen LogP contribution in [0.1, 0.15) is 36.8 Å². The molecule has 0 saturated carbocycles. The van der Waals surface area contributed by atoms with Crippen LogP contribution >= 0.6 is 23.2 Å². The van der Waals surface area contributed by atoms with E-state index >= 15 is 0 Å². The van der Waals surface area contributed by atoms with E-state index in [9.17, 15) is 0 Å². The molecule has 4 heteroatoms. The highest BCUT2D eigenvalue weighted by Gasteiger charge is 2.38. The first kappa shape index (κ1) is 13.5. The van der Waals surface area contributed by atoms with Crippen LogP contribution in [0.25, 0.3) is 0 Å². The van der Waals surface area contributed by atoms with E-state index in [0.29, 0.717) is 21.7 Å². The SMILES string of the molecule is CCCN1CC2CCc3c(cc(Cl)c(N)c3Cl)C2C1. The first-order chi connectivity index (χ1) is 9.11. The maximum absolute atomic E-state index is 6.38. The average molecular weight is 299 g/mol. The standard InChI is InChI=1S/C15H20Cl2N2/c1-2-5-19-7-9-3-4-10-11(12(9)8-19)6-13(16)15(18)14(10)17/h6,9,12H,2-5,7-8,18H2,1H3. The molecule has 1 aliphatic carbocycles. The number of rotatable bonds is 2. The van der Waals surface area contributed by atoms with Crippen LogP contribution in [0.5, 0.6) is 0 Å². The van der Waals surface area contributed by atoms with E-state index < -0.39 is 0 Å². The number of fused-ring (bicyclic) bond motifs is 3. The van der Waals surface area contributed by atoms with Gasteiger partial charge in [0.15, 0.2) is 0 Å². The van der Waals surface area contributed by atoms with E-state index in [0.717, 1.165) is 18.9 Å². The van der Waals surface area contributed by atoms with E-state index in [2.05, 4.69) is 17.9 Å². The lowest BCUT2D eigenvalue weighted by Crippen LogP contribution is -2.21. The van der Waals surface area contributed by atoms with E-state index in [-0.39, 0.29) is 0 Å². The zero-order valence-electron chi connectivity index (χ0n) is 11.3. The van der Waals surface area contributed by atoms with Crippen LogP contribution in [0.2, 0.25) is 10.0 Å². The fraction of sp³-hybridized carbons (Fsp3) is 0.600. The van der Waals surface area contributed by atoms with E-state index in [1.807, 2.05) is 0 Å². The molecular weight excluding hydrogens is 279 g/mol. The zero-order chi connectivity index (χ0) is 13.6. The first-order valence-corrected chi connectivity index (χ1v) is 7.86. The highest BCUT2D eigenvalue weighted by atomic mass is 35.5. The van der Waals surface area contributed by atoms with Crippen molar-refractivity contribution in [2.45, 2.75) is 32.1 Å². The molecule has 1 heterocycles. The lowest BCUT2D eigenvalue weighted by atomic mass is 9.77. The van der Waals surface area contributed by atoms with Gasteiger partial charge in [0.1, 0.15) is 0 Å². The van der Waals surface area contributed by atoms with Crippen LogP contribution < -0.4 is 5.73 Å². The van der Waals surface area contributed by atoms with Gasteiger partial charge in [-0.05, 0) is 48.9 Å². The molecule has 2 nitrogen and oxygen atoms in total. The molecule has 0 radical (unpaired) electrons. The van der Waals surface area contributed by atoms with Crippen LogP contribution in [0.15, 0.2) is 6.07 Å². The Balaban J connectivity index is 1.97. The number of nitrogens with two attached hydrogens (primary N) is 1. The monoisotopic (exact) mass is 298 g/mol. The summed E-state index contributed by atoms with van der Waals surface area (Å²) >= 11 is 12.6. The molecule has 0 bridgehead atoms. The molecule has 0 aromatic heterocycles. The number of nitrogen functional groups attached to an aromatic ring is 1. The summed E-state index contributed by atoms with van der Waals surface area (Å²) < 4.78 is 0. The number of nitrogens with zero attached hydrogens (tertiary/aromatic N) is 1. The third-order valence-corrected chi connectivity index (χ3v) is 5.35. The summed E-state index contributed by atoms with van der Waals surface area (Å²) in [7, 11) is 0. The minimum atomic E-state index is 0.545. The molecule has 19 heavy (non-hydrogen) atoms. The molecule has 2 aliphatic rings. The topological polar surface area (TPSA) is 29.3 Å². The molecule has 1 saturated heterocycles. The largest absolute Gasteiger partial charge is 0.396 e. The highest BCUT2D eigenvalue weighted by Crippen LogP contribution is 2.46. The first-order valence-electron chi connectivity index (χ1n) is 7.10. The Morgan fingerprint density at radius 3 is 2.89 bits per heavy atom. The Morgan fingerprint density at radius 2 is 2.16 bits per heavy atom. The average Bonchev–Trinajstić information content (AvgIpc) is 2.79. The van der Waals surface area contributed by atoms with Gasteiger partial charge in [0, 0.05) is 19.0 Å². The summed E-state index contributed by atoms with van der Waals surface area (Å²) in [5.41, 5.74) is 9.07. The Kier molecular flexibility index (Phi) is 3.67. The van der Waals surface area contributed by atoms with E-state index in [1.165, 1.54) is 37.1 Å². The molecule has 0 amide bonds. The van der Waals surface area contributed by atoms with Crippen molar-refractivity contribution < 1.29 is 0 Å². The second-order valence-electron chi connectivity index (χ2n) is 5.82. The smallest absolute Gasteiger partial charge is 0.0695 e. The Morgan fingerprint density at radius 1 is 1.37 bits per heavy atom. The molecule has 1 aliphatic heterocycles. The molecule has 1 fully saturated rings. The van der Waals surface area contributed by atoms with Gasteiger partial charge >= 0.3 is 0 Å². The van der Waals surface area contributed by atoms with Gasteiger partial charge in [0.25, 0.3) is 0 Å². The summed E-state index contributed by atoms with van der Waals surface area (Å²) in [4.78, 5) is 2.57. The predicted octanol–water partition coefficient (Wildman–Crippen LogP) is 3.95. The Hall–Kier alpha value is -0.440. The molecule has 2 atom stereocenters. The highest BCUT2D eigenvalue weighted by molar-refractivity contribution is 6.39. The van der Waals surface area contributed by atoms with Gasteiger partial charge in [-0.2, -0.15) is 0 Å². The van der Waals surface area contributed by atoms with E-state index in [4.69, 9.17) is 28.9 Å². The molecule has 1 aromatic rings. The van der Waals surface area contributed by atoms with Crippen molar-refractivity contribution in [2.75, 3.05) is 25.4 Å². The van der Waals surface area contributed by atoms with Crippen LogP contribution in [0, 0.1) is 5.92 Å². The van der Waals surface area contributed by atoms with Gasteiger partial charge in [-0.1, -0.05) is 30.1 Å². The van der Waals surface area contributed by atoms with Crippen molar-refractivity contribution in [3.05, 3.63) is 27.2 Å². The maximum atomic E-state index is 6.38. The summed E-state index contributed by atoms with van der Waals surface area (Å²) in [6, 6.07) is 2.06. The van der Waals surface area contributed by atoms with Crippen molar-refractivity contribution in [1.82, 2.24) is 4.90 Å². The van der Waals surface area contributed by atoms with Crippen molar-refractivity contribution in [3.8, 4) is 0 Å². The van der Waals surface area contributed by atoms with Crippen LogP contribution in [-0.2, 0) is 6.42 Å². The Labute approximate surface area is 124 Å². The van der Waals surface area contributed by atoms with Crippen molar-refractivity contribution in [2.24, 2.45) is 5.92 Å². The molecule has 2 N–H and O–H groups in total. The molecule has 104 valence electrons. The normalized spacial score (nSPS) is 26.3. The lowest BCUT2D eigenvalue weighted by molar-refractivity contribution is 0.322. The molecule has 0 spiro atoms. The summed E-state index contributed by atoms with van der Waals surface area (Å²) in [6.07, 6.45) is 3.48. The zero-order valence-corrected chi connectivity index (χ0v) is 12.8. The number of hydrogen-bond acceptors (Lipinski definition) is 2. The van der Waals surface area contributed by atoms with Crippen LogP contribution in [0.4, 0.5) is 5.69 Å². The van der Waals surface area contributed by atoms with Crippen molar-refractivity contribution >= 4 is 28.9 Å². The minimum absolute atomic E-state index is 0.545. The number of halogens is 2. The number of likely N-dealkylation sites (tertiary alicyclic amines) is 1. The van der Waals surface area contributed by atoms with Crippen molar-refractivity contribution in [1.29, 1.82) is 0 Å². The quantitative estimate of drug-likeness (QED) is 0.838. The van der Waals surface area contributed by atoms with Gasteiger partial charge in [0.05, 0.1) is 15.7 Å². The van der Waals surface area contributed by atoms with Gasteiger partial charge in [-0.25, -0.2) is 0 Å². The predicted molar refractivity (Wildman–Crippen MR) is 82.2 cm³/mol. The second kappa shape index (κ2) is 5.16. The van der Waals surface area contributed by atoms with Gasteiger partial charge in [0.2, 0.25) is 0 Å². The minimum Gasteiger partial charge on any atom is -0.396 e. The second-order valence-corrected chi connectivity index (χ2v) is 6.60. The molecular formula is C15H20Cl2N2. The van der Waals surface area contributed by atoms with Crippen LogP contribution in [0.3, 0.4) is 0 Å². The van der Waals surface area contributed by atoms with Gasteiger partial charge < -0.3 is 10.6 Å². The summed E-state index contributed by atoms with van der Waals surface area (Å²) in [6.45, 7) is 5.79. The fourth-order valence-electron chi connectivity index (χ4n) is 3.71. The third kappa shape index (κ3) is 2.24. The fourth-order valence-corrected chi connectivity index (χ4v) is 4.28. The number of anilines is 1. The van der Waals surface area contributed by atoms with Gasteiger partial charge in [-0.15, -0.1) is 0 Å². The molecule has 2 unspecified atom stereocenters. The molecule has 1 aromatic carbocycles. The van der Waals surface area contributed by atoms with Gasteiger partial charge in [-0.3, -0.25) is 0 Å². The Bertz CT molecular complexity index is 501. The third-order valence-electron chi connectivity index (χ3n) is 4.61. The number of benzene rings is 1. The number of hydrogen-bond donors (Lipinski definition) is 1. The maximum Gasteiger partial charge on any atom is 0.0695 e. The summed E-state index contributed by atoms with van der Waals surface area (Å²) in [5.74, 6) is 1.35. The van der Waals surface area contributed by atoms with Crippen LogP contribution in [-0.4, -0.2) is 24.5 Å². The lowest BCUT2D eigenvalue weighted by Gasteiger charge is -2.29. The van der Waals surface area contributed by atoms with E-state index in [1.54, 1.807) is 0 Å². The molecule has 3 rings (SSSR count). The van der Waals surface area contributed by atoms with Crippen molar-refractivity contribution in [3.63, 3.8) is 0 Å².